The number of rotatable bonds is 44. The van der Waals surface area contributed by atoms with Crippen molar-refractivity contribution in [3.05, 3.63) is 60.8 Å². The molecule has 0 aromatic rings. The van der Waals surface area contributed by atoms with Crippen LogP contribution in [0.5, 0.6) is 0 Å². The maximum absolute atomic E-state index is 12.8. The lowest BCUT2D eigenvalue weighted by Gasteiger charge is -2.18. The van der Waals surface area contributed by atoms with Crippen LogP contribution in [-0.2, 0) is 19.1 Å². The Morgan fingerprint density at radius 1 is 0.466 bits per heavy atom. The van der Waals surface area contributed by atoms with Crippen LogP contribution in [0.15, 0.2) is 60.8 Å². The van der Waals surface area contributed by atoms with E-state index in [-0.39, 0.29) is 24.5 Å². The molecule has 0 aliphatic rings. The van der Waals surface area contributed by atoms with Crippen molar-refractivity contribution in [1.29, 1.82) is 0 Å². The van der Waals surface area contributed by atoms with Crippen LogP contribution in [0.4, 0.5) is 0 Å². The molecule has 0 saturated carbocycles. The second-order valence-electron chi connectivity index (χ2n) is 16.3. The Kier molecular flexibility index (Phi) is 44.5. The Hall–Kier alpha value is -2.89. The fourth-order valence-electron chi connectivity index (χ4n) is 7.09. The third kappa shape index (κ3) is 45.8. The number of carboxylic acid groups (broad SMARTS) is 1. The van der Waals surface area contributed by atoms with Gasteiger partial charge >= 0.3 is 11.9 Å². The van der Waals surface area contributed by atoms with Gasteiger partial charge in [0.15, 0.2) is 0 Å². The van der Waals surface area contributed by atoms with Crippen molar-refractivity contribution in [3.8, 4) is 0 Å². The maximum atomic E-state index is 12.8. The van der Waals surface area contributed by atoms with Gasteiger partial charge in [-0.15, -0.1) is 0 Å². The second-order valence-corrected chi connectivity index (χ2v) is 16.3. The van der Waals surface area contributed by atoms with Crippen molar-refractivity contribution in [2.24, 2.45) is 0 Å². The largest absolute Gasteiger partial charge is 0.480 e. The average molecular weight is 810 g/mol. The van der Waals surface area contributed by atoms with Crippen molar-refractivity contribution >= 4 is 17.8 Å². The minimum atomic E-state index is -1.02. The molecule has 0 heterocycles. The predicted molar refractivity (Wildman–Crippen MR) is 249 cm³/mol. The number of unbranched alkanes of at least 4 members (excludes halogenated alkanes) is 23. The summed E-state index contributed by atoms with van der Waals surface area (Å²) in [5, 5.41) is 11.1. The quantitative estimate of drug-likeness (QED) is 0.0363. The van der Waals surface area contributed by atoms with Crippen molar-refractivity contribution in [1.82, 2.24) is 5.32 Å². The standard InChI is InChI=1S/C52H91NO5/c1-3-5-7-9-11-13-15-17-19-20-21-22-23-24-26-28-30-32-34-39-43-47-52(57)58-49(45-41-37-35-38-42-46-50(54)53-48-51(55)56)44-40-36-33-31-29-27-25-18-16-14-12-10-8-6-4-2/h6,8,12,14,18,20-21,25,29,31,49H,3-5,7,9-11,13,15-17,19,22-24,26-28,30,32-48H2,1-2H3,(H,53,54)(H,55,56)/b8-6-,14-12-,21-20-,25-18-,31-29-. The van der Waals surface area contributed by atoms with Crippen LogP contribution in [0.3, 0.4) is 0 Å². The zero-order chi connectivity index (χ0) is 42.3. The van der Waals surface area contributed by atoms with Gasteiger partial charge in [0.2, 0.25) is 5.91 Å². The van der Waals surface area contributed by atoms with Gasteiger partial charge in [-0.25, -0.2) is 0 Å². The van der Waals surface area contributed by atoms with E-state index in [1.807, 2.05) is 0 Å². The number of ether oxygens (including phenoxy) is 1. The Labute approximate surface area is 358 Å². The van der Waals surface area contributed by atoms with Gasteiger partial charge in [0.25, 0.3) is 0 Å². The van der Waals surface area contributed by atoms with Crippen LogP contribution in [0, 0.1) is 0 Å². The highest BCUT2D eigenvalue weighted by molar-refractivity contribution is 5.80. The highest BCUT2D eigenvalue weighted by Gasteiger charge is 2.14. The Bertz CT molecular complexity index is 1070. The van der Waals surface area contributed by atoms with Gasteiger partial charge in [0.05, 0.1) is 0 Å². The molecule has 2 N–H and O–H groups in total. The van der Waals surface area contributed by atoms with Crippen molar-refractivity contribution < 1.29 is 24.2 Å². The number of amides is 1. The molecule has 0 rings (SSSR count). The van der Waals surface area contributed by atoms with Gasteiger partial charge in [0, 0.05) is 12.8 Å². The smallest absolute Gasteiger partial charge is 0.322 e. The van der Waals surface area contributed by atoms with E-state index in [4.69, 9.17) is 9.84 Å². The minimum absolute atomic E-state index is 0.0166. The van der Waals surface area contributed by atoms with Crippen LogP contribution in [-0.4, -0.2) is 35.6 Å². The van der Waals surface area contributed by atoms with Crippen LogP contribution < -0.4 is 5.32 Å². The summed E-state index contributed by atoms with van der Waals surface area (Å²) in [6.45, 7) is 4.12. The molecule has 0 aromatic carbocycles. The van der Waals surface area contributed by atoms with E-state index >= 15 is 0 Å². The first-order chi connectivity index (χ1) is 28.5. The first kappa shape index (κ1) is 55.1. The highest BCUT2D eigenvalue weighted by atomic mass is 16.5. The summed E-state index contributed by atoms with van der Waals surface area (Å²) in [5.41, 5.74) is 0. The van der Waals surface area contributed by atoms with Crippen molar-refractivity contribution in [2.45, 2.75) is 245 Å². The molecule has 1 atom stereocenters. The minimum Gasteiger partial charge on any atom is -0.480 e. The number of carbonyl (C=O) groups excluding carboxylic acids is 2. The number of carbonyl (C=O) groups is 3. The second kappa shape index (κ2) is 46.8. The van der Waals surface area contributed by atoms with Crippen LogP contribution >= 0.6 is 0 Å². The van der Waals surface area contributed by atoms with Crippen molar-refractivity contribution in [2.75, 3.05) is 6.54 Å². The van der Waals surface area contributed by atoms with Crippen LogP contribution in [0.2, 0.25) is 0 Å². The number of carboxylic acids is 1. The molecule has 1 amide bonds. The monoisotopic (exact) mass is 810 g/mol. The summed E-state index contributed by atoms with van der Waals surface area (Å²) in [6, 6.07) is 0. The molecule has 0 spiro atoms. The summed E-state index contributed by atoms with van der Waals surface area (Å²) < 4.78 is 6.04. The predicted octanol–water partition coefficient (Wildman–Crippen LogP) is 15.6. The molecule has 0 aromatic heterocycles. The molecule has 0 saturated heterocycles. The normalized spacial score (nSPS) is 12.6. The Balaban J connectivity index is 4.17. The first-order valence-corrected chi connectivity index (χ1v) is 24.4. The maximum Gasteiger partial charge on any atom is 0.322 e. The van der Waals surface area contributed by atoms with Gasteiger partial charge in [-0.3, -0.25) is 14.4 Å². The molecule has 0 fully saturated rings. The Morgan fingerprint density at radius 2 is 0.845 bits per heavy atom. The zero-order valence-corrected chi connectivity index (χ0v) is 37.9. The molecule has 0 bridgehead atoms. The summed E-state index contributed by atoms with van der Waals surface area (Å²) in [6.07, 6.45) is 62.2. The van der Waals surface area contributed by atoms with Gasteiger partial charge in [-0.05, 0) is 103 Å². The summed E-state index contributed by atoms with van der Waals surface area (Å²) in [5.74, 6) is -1.26. The molecular formula is C52H91NO5. The number of esters is 1. The van der Waals surface area contributed by atoms with E-state index < -0.39 is 5.97 Å². The van der Waals surface area contributed by atoms with Gasteiger partial charge in [0.1, 0.15) is 12.6 Å². The molecule has 0 aliphatic heterocycles. The molecular weight excluding hydrogens is 719 g/mol. The number of hydrogen-bond acceptors (Lipinski definition) is 4. The fourth-order valence-corrected chi connectivity index (χ4v) is 7.09. The van der Waals surface area contributed by atoms with Crippen LogP contribution in [0.1, 0.15) is 239 Å². The fraction of sp³-hybridized carbons (Fsp3) is 0.750. The SMILES string of the molecule is CC/C=C\C/C=C\C/C=C\C/C=C\CCCCC(CCCCCCCC(=O)NCC(=O)O)OC(=O)CCCCCCCCCCC/C=C\CCCCCCCCCC. The molecule has 6 heteroatoms. The molecule has 0 aliphatic carbocycles. The number of hydrogen-bond donors (Lipinski definition) is 2. The first-order valence-electron chi connectivity index (χ1n) is 24.4. The molecule has 0 radical (unpaired) electrons. The van der Waals surface area contributed by atoms with Crippen molar-refractivity contribution in [3.63, 3.8) is 0 Å². The lowest BCUT2D eigenvalue weighted by atomic mass is 10.0. The Morgan fingerprint density at radius 3 is 1.34 bits per heavy atom. The summed E-state index contributed by atoms with van der Waals surface area (Å²) in [7, 11) is 0. The van der Waals surface area contributed by atoms with Gasteiger partial charge < -0.3 is 15.2 Å². The van der Waals surface area contributed by atoms with E-state index in [0.29, 0.717) is 12.8 Å². The van der Waals surface area contributed by atoms with Gasteiger partial charge in [-0.1, -0.05) is 184 Å². The van der Waals surface area contributed by atoms with E-state index in [9.17, 15) is 14.4 Å². The average Bonchev–Trinajstić information content (AvgIpc) is 3.21. The van der Waals surface area contributed by atoms with Crippen LogP contribution in [0.25, 0.3) is 0 Å². The number of aliphatic carboxylic acids is 1. The van der Waals surface area contributed by atoms with Gasteiger partial charge in [-0.2, -0.15) is 0 Å². The molecule has 58 heavy (non-hydrogen) atoms. The van der Waals surface area contributed by atoms with E-state index in [0.717, 1.165) is 103 Å². The molecule has 6 nitrogen and oxygen atoms in total. The van der Waals surface area contributed by atoms with E-state index in [2.05, 4.69) is 79.9 Å². The van der Waals surface area contributed by atoms with E-state index in [1.165, 1.54) is 109 Å². The zero-order valence-electron chi connectivity index (χ0n) is 37.9. The summed E-state index contributed by atoms with van der Waals surface area (Å²) in [4.78, 5) is 35.2. The summed E-state index contributed by atoms with van der Waals surface area (Å²) >= 11 is 0. The number of nitrogens with one attached hydrogen (secondary N) is 1. The topological polar surface area (TPSA) is 92.7 Å². The molecule has 334 valence electrons. The third-order valence-corrected chi connectivity index (χ3v) is 10.7. The van der Waals surface area contributed by atoms with E-state index in [1.54, 1.807) is 0 Å². The third-order valence-electron chi connectivity index (χ3n) is 10.7. The molecule has 1 unspecified atom stereocenters. The number of allylic oxidation sites excluding steroid dienone is 10. The highest BCUT2D eigenvalue weighted by Crippen LogP contribution is 2.18. The lowest BCUT2D eigenvalue weighted by Crippen LogP contribution is -2.28. The lowest BCUT2D eigenvalue weighted by molar-refractivity contribution is -0.150.